The van der Waals surface area contributed by atoms with E-state index in [0.29, 0.717) is 12.8 Å². The van der Waals surface area contributed by atoms with Gasteiger partial charge < -0.3 is 20.7 Å². The van der Waals surface area contributed by atoms with Crippen molar-refractivity contribution in [1.82, 2.24) is 10.2 Å². The van der Waals surface area contributed by atoms with Crippen LogP contribution >= 0.6 is 0 Å². The number of nitrogens with two attached hydrogens (primary N) is 1. The molecule has 0 radical (unpaired) electrons. The van der Waals surface area contributed by atoms with Crippen LogP contribution in [0.15, 0.2) is 30.3 Å². The Morgan fingerprint density at radius 3 is 2.46 bits per heavy atom. The highest BCUT2D eigenvalue weighted by molar-refractivity contribution is 5.86. The fraction of sp³-hybridized carbons (Fsp3) is 0.500. The van der Waals surface area contributed by atoms with Crippen molar-refractivity contribution in [1.29, 1.82) is 5.26 Å². The molecule has 150 valence electrons. The molecule has 28 heavy (non-hydrogen) atoms. The number of benzene rings is 1. The van der Waals surface area contributed by atoms with Gasteiger partial charge in [0.25, 0.3) is 5.91 Å². The van der Waals surface area contributed by atoms with Crippen LogP contribution in [0.4, 0.5) is 4.79 Å². The fourth-order valence-electron chi connectivity index (χ4n) is 3.44. The zero-order chi connectivity index (χ0) is 20.6. The molecule has 1 aliphatic rings. The van der Waals surface area contributed by atoms with Gasteiger partial charge >= 0.3 is 12.0 Å². The summed E-state index contributed by atoms with van der Waals surface area (Å²) < 4.78 is 5.13. The number of amides is 3. The molecule has 2 rings (SSSR count). The molecule has 1 aromatic carbocycles. The topological polar surface area (TPSA) is 126 Å². The second-order valence-corrected chi connectivity index (χ2v) is 7.02. The van der Waals surface area contributed by atoms with Gasteiger partial charge in [0.15, 0.2) is 6.61 Å². The van der Waals surface area contributed by atoms with Gasteiger partial charge in [-0.15, -0.1) is 0 Å². The van der Waals surface area contributed by atoms with E-state index in [4.69, 9.17) is 10.5 Å². The van der Waals surface area contributed by atoms with E-state index in [1.807, 2.05) is 30.3 Å². The maximum atomic E-state index is 12.5. The summed E-state index contributed by atoms with van der Waals surface area (Å²) in [5, 5.41) is 11.9. The summed E-state index contributed by atoms with van der Waals surface area (Å²) in [7, 11) is 1.56. The number of likely N-dealkylation sites (N-methyl/N-ethyl adjacent to an activating group) is 1. The van der Waals surface area contributed by atoms with Gasteiger partial charge in [0.05, 0.1) is 6.07 Å². The maximum Gasteiger partial charge on any atom is 0.329 e. The highest BCUT2D eigenvalue weighted by Crippen LogP contribution is 2.32. The number of nitrogens with zero attached hydrogens (tertiary/aromatic N) is 2. The molecule has 0 heterocycles. The van der Waals surface area contributed by atoms with Gasteiger partial charge in [-0.2, -0.15) is 5.26 Å². The molecule has 0 bridgehead atoms. The molecular formula is C20H26N4O4. The first-order valence-corrected chi connectivity index (χ1v) is 9.32. The number of carbonyl (C=O) groups excluding carboxylic acids is 3. The number of esters is 1. The molecule has 3 N–H and O–H groups in total. The number of urea groups is 1. The molecule has 1 atom stereocenters. The third-order valence-electron chi connectivity index (χ3n) is 5.13. The van der Waals surface area contributed by atoms with Crippen LogP contribution in [0.3, 0.4) is 0 Å². The normalized spacial score (nSPS) is 16.3. The van der Waals surface area contributed by atoms with E-state index in [9.17, 15) is 19.6 Å². The summed E-state index contributed by atoms with van der Waals surface area (Å²) in [6.07, 6.45) is 4.22. The molecule has 0 unspecified atom stereocenters. The summed E-state index contributed by atoms with van der Waals surface area (Å²) in [6, 6.07) is 9.48. The Balaban J connectivity index is 1.97. The SMILES string of the molecule is CN(C(=O)COC(=O)[C@@H](Cc1ccccc1)NC(N)=O)C1(C#N)CCCCC1. The van der Waals surface area contributed by atoms with E-state index in [0.717, 1.165) is 24.8 Å². The Bertz CT molecular complexity index is 738. The summed E-state index contributed by atoms with van der Waals surface area (Å²) in [5.41, 5.74) is 5.11. The molecule has 0 saturated heterocycles. The highest BCUT2D eigenvalue weighted by Gasteiger charge is 2.39. The minimum atomic E-state index is -1.00. The summed E-state index contributed by atoms with van der Waals surface area (Å²) in [4.78, 5) is 37.5. The van der Waals surface area contributed by atoms with Crippen LogP contribution in [0, 0.1) is 11.3 Å². The van der Waals surface area contributed by atoms with Crippen molar-refractivity contribution in [2.24, 2.45) is 5.73 Å². The third kappa shape index (κ3) is 5.46. The van der Waals surface area contributed by atoms with Crippen LogP contribution in [-0.4, -0.2) is 48.0 Å². The van der Waals surface area contributed by atoms with Crippen molar-refractivity contribution in [3.05, 3.63) is 35.9 Å². The predicted octanol–water partition coefficient (Wildman–Crippen LogP) is 1.49. The van der Waals surface area contributed by atoms with E-state index in [1.165, 1.54) is 4.90 Å². The molecule has 0 aromatic heterocycles. The molecule has 8 nitrogen and oxygen atoms in total. The van der Waals surface area contributed by atoms with Crippen molar-refractivity contribution in [3.8, 4) is 6.07 Å². The summed E-state index contributed by atoms with van der Waals surface area (Å²) >= 11 is 0. The molecule has 0 spiro atoms. The lowest BCUT2D eigenvalue weighted by atomic mass is 9.81. The number of hydrogen-bond donors (Lipinski definition) is 2. The molecule has 0 aliphatic heterocycles. The first-order valence-electron chi connectivity index (χ1n) is 9.32. The quantitative estimate of drug-likeness (QED) is 0.687. The summed E-state index contributed by atoms with van der Waals surface area (Å²) in [5.74, 6) is -1.20. The number of rotatable bonds is 7. The first-order chi connectivity index (χ1) is 13.4. The van der Waals surface area contributed by atoms with Crippen molar-refractivity contribution in [2.45, 2.75) is 50.1 Å². The maximum absolute atomic E-state index is 12.5. The van der Waals surface area contributed by atoms with E-state index >= 15 is 0 Å². The number of nitriles is 1. The average molecular weight is 386 g/mol. The number of nitrogens with one attached hydrogen (secondary N) is 1. The minimum absolute atomic E-state index is 0.189. The number of carbonyl (C=O) groups is 3. The van der Waals surface area contributed by atoms with Crippen LogP contribution in [0.25, 0.3) is 0 Å². The van der Waals surface area contributed by atoms with E-state index in [1.54, 1.807) is 7.05 Å². The lowest BCUT2D eigenvalue weighted by Gasteiger charge is -2.38. The zero-order valence-corrected chi connectivity index (χ0v) is 16.0. The van der Waals surface area contributed by atoms with Crippen molar-refractivity contribution in [2.75, 3.05) is 13.7 Å². The van der Waals surface area contributed by atoms with Crippen LogP contribution in [0.2, 0.25) is 0 Å². The zero-order valence-electron chi connectivity index (χ0n) is 16.0. The van der Waals surface area contributed by atoms with Gasteiger partial charge in [0, 0.05) is 13.5 Å². The van der Waals surface area contributed by atoms with Crippen LogP contribution in [-0.2, 0) is 20.7 Å². The molecular weight excluding hydrogens is 360 g/mol. The molecule has 1 aliphatic carbocycles. The van der Waals surface area contributed by atoms with Gasteiger partial charge in [-0.3, -0.25) is 4.79 Å². The first kappa shape index (κ1) is 21.2. The standard InChI is InChI=1S/C20H26N4O4/c1-24(20(14-21)10-6-3-7-11-20)17(25)13-28-18(26)16(23-19(22)27)12-15-8-4-2-5-9-15/h2,4-5,8-9,16H,3,6-7,10-13H2,1H3,(H3,22,23,27)/t16-/m1/s1. The number of primary amides is 1. The van der Waals surface area contributed by atoms with Crippen molar-refractivity contribution in [3.63, 3.8) is 0 Å². The second-order valence-electron chi connectivity index (χ2n) is 7.02. The number of hydrogen-bond acceptors (Lipinski definition) is 5. The number of ether oxygens (including phenoxy) is 1. The van der Waals surface area contributed by atoms with Gasteiger partial charge in [0.2, 0.25) is 0 Å². The van der Waals surface area contributed by atoms with Crippen molar-refractivity contribution >= 4 is 17.9 Å². The van der Waals surface area contributed by atoms with Crippen LogP contribution in [0.5, 0.6) is 0 Å². The monoisotopic (exact) mass is 386 g/mol. The smallest absolute Gasteiger partial charge is 0.329 e. The Kier molecular flexibility index (Phi) is 7.38. The molecule has 8 heteroatoms. The van der Waals surface area contributed by atoms with Gasteiger partial charge in [-0.25, -0.2) is 9.59 Å². The Morgan fingerprint density at radius 2 is 1.89 bits per heavy atom. The Morgan fingerprint density at radius 1 is 1.25 bits per heavy atom. The molecule has 1 fully saturated rings. The molecule has 3 amide bonds. The Labute approximate surface area is 164 Å². The fourth-order valence-corrected chi connectivity index (χ4v) is 3.44. The third-order valence-corrected chi connectivity index (χ3v) is 5.13. The molecule has 1 aromatic rings. The lowest BCUT2D eigenvalue weighted by molar-refractivity contribution is -0.155. The van der Waals surface area contributed by atoms with E-state index < -0.39 is 36.1 Å². The van der Waals surface area contributed by atoms with Gasteiger partial charge in [-0.1, -0.05) is 49.6 Å². The highest BCUT2D eigenvalue weighted by atomic mass is 16.5. The summed E-state index contributed by atoms with van der Waals surface area (Å²) in [6.45, 7) is -0.496. The molecule has 1 saturated carbocycles. The lowest BCUT2D eigenvalue weighted by Crippen LogP contribution is -2.51. The second kappa shape index (κ2) is 9.74. The minimum Gasteiger partial charge on any atom is -0.454 e. The van der Waals surface area contributed by atoms with Crippen molar-refractivity contribution < 1.29 is 19.1 Å². The average Bonchev–Trinajstić information content (AvgIpc) is 2.71. The van der Waals surface area contributed by atoms with E-state index in [2.05, 4.69) is 11.4 Å². The van der Waals surface area contributed by atoms with Gasteiger partial charge in [-0.05, 0) is 18.4 Å². The largest absolute Gasteiger partial charge is 0.454 e. The van der Waals surface area contributed by atoms with E-state index in [-0.39, 0.29) is 6.42 Å². The van der Waals surface area contributed by atoms with Crippen LogP contribution < -0.4 is 11.1 Å². The predicted molar refractivity (Wildman–Crippen MR) is 102 cm³/mol. The Hall–Kier alpha value is -3.08. The van der Waals surface area contributed by atoms with Crippen LogP contribution in [0.1, 0.15) is 37.7 Å². The van der Waals surface area contributed by atoms with Gasteiger partial charge in [0.1, 0.15) is 11.6 Å².